The van der Waals surface area contributed by atoms with E-state index in [2.05, 4.69) is 5.92 Å². The highest BCUT2D eigenvalue weighted by Gasteiger charge is 1.95. The molecule has 10 heavy (non-hydrogen) atoms. The number of hydrogen-bond donors (Lipinski definition) is 1. The Bertz CT molecular complexity index is 244. The summed E-state index contributed by atoms with van der Waals surface area (Å²) in [5.41, 5.74) is 0.954. The zero-order valence-corrected chi connectivity index (χ0v) is 6.32. The number of aliphatic hydroxyl groups is 1. The molecule has 1 nitrogen and oxygen atoms in total. The topological polar surface area (TPSA) is 20.2 Å². The van der Waals surface area contributed by atoms with Gasteiger partial charge < -0.3 is 5.11 Å². The van der Waals surface area contributed by atoms with Gasteiger partial charge in [-0.15, -0.1) is 23.7 Å². The van der Waals surface area contributed by atoms with Crippen molar-refractivity contribution in [2.75, 3.05) is 0 Å². The summed E-state index contributed by atoms with van der Waals surface area (Å²) in [6.45, 7) is 0.112. The lowest BCUT2D eigenvalue weighted by atomic mass is 10.3. The van der Waals surface area contributed by atoms with Crippen LogP contribution >= 0.6 is 11.3 Å². The van der Waals surface area contributed by atoms with E-state index in [1.807, 2.05) is 11.4 Å². The second-order valence-corrected chi connectivity index (χ2v) is 2.96. The van der Waals surface area contributed by atoms with Gasteiger partial charge in [-0.2, -0.15) is 0 Å². The molecule has 0 amide bonds. The van der Waals surface area contributed by atoms with Crippen LogP contribution in [0.4, 0.5) is 0 Å². The molecule has 1 heterocycles. The quantitative estimate of drug-likeness (QED) is 0.635. The van der Waals surface area contributed by atoms with Crippen molar-refractivity contribution in [3.63, 3.8) is 0 Å². The fraction of sp³-hybridized carbons (Fsp3) is 0.250. The minimum atomic E-state index is 0.112. The van der Waals surface area contributed by atoms with E-state index in [9.17, 15) is 0 Å². The maximum atomic E-state index is 8.67. The highest BCUT2D eigenvalue weighted by Crippen LogP contribution is 2.14. The van der Waals surface area contributed by atoms with Gasteiger partial charge in [0.2, 0.25) is 0 Å². The molecule has 0 saturated heterocycles. The zero-order chi connectivity index (χ0) is 7.40. The molecule has 0 bridgehead atoms. The Hall–Kier alpha value is -0.780. The molecule has 0 aliphatic carbocycles. The van der Waals surface area contributed by atoms with E-state index < -0.39 is 0 Å². The summed E-state index contributed by atoms with van der Waals surface area (Å²) in [4.78, 5) is 1.14. The van der Waals surface area contributed by atoms with Gasteiger partial charge in [0.25, 0.3) is 0 Å². The molecule has 0 aliphatic rings. The molecule has 0 unspecified atom stereocenters. The summed E-state index contributed by atoms with van der Waals surface area (Å²) in [5, 5.41) is 10.6. The molecular formula is C8H8OS. The van der Waals surface area contributed by atoms with Gasteiger partial charge in [-0.3, -0.25) is 0 Å². The molecule has 0 spiro atoms. The molecule has 1 N–H and O–H groups in total. The summed E-state index contributed by atoms with van der Waals surface area (Å²) >= 11 is 1.60. The van der Waals surface area contributed by atoms with Crippen LogP contribution in [0, 0.1) is 12.3 Å². The first-order valence-electron chi connectivity index (χ1n) is 2.97. The van der Waals surface area contributed by atoms with Crippen molar-refractivity contribution in [2.24, 2.45) is 0 Å². The molecule has 1 aromatic rings. The number of thiophene rings is 1. The molecule has 0 saturated carbocycles. The maximum absolute atomic E-state index is 8.67. The van der Waals surface area contributed by atoms with Crippen molar-refractivity contribution in [2.45, 2.75) is 13.0 Å². The second-order valence-electron chi connectivity index (χ2n) is 1.96. The summed E-state index contributed by atoms with van der Waals surface area (Å²) in [6, 6.07) is 1.94. The lowest BCUT2D eigenvalue weighted by Crippen LogP contribution is -1.75. The fourth-order valence-electron chi connectivity index (χ4n) is 0.702. The first-order valence-corrected chi connectivity index (χ1v) is 3.85. The number of rotatable bonds is 2. The molecule has 52 valence electrons. The first-order chi connectivity index (χ1) is 4.86. The number of aliphatic hydroxyl groups excluding tert-OH is 1. The zero-order valence-electron chi connectivity index (χ0n) is 5.50. The van der Waals surface area contributed by atoms with Crippen molar-refractivity contribution in [3.05, 3.63) is 21.9 Å². The maximum Gasteiger partial charge on any atom is 0.0690 e. The Morgan fingerprint density at radius 2 is 2.50 bits per heavy atom. The van der Waals surface area contributed by atoms with E-state index in [-0.39, 0.29) is 6.61 Å². The van der Waals surface area contributed by atoms with Crippen LogP contribution < -0.4 is 0 Å². The minimum Gasteiger partial charge on any atom is -0.392 e. The van der Waals surface area contributed by atoms with Gasteiger partial charge in [-0.25, -0.2) is 0 Å². The molecule has 2 heteroatoms. The van der Waals surface area contributed by atoms with Crippen LogP contribution in [0.1, 0.15) is 10.4 Å². The SMILES string of the molecule is C#CCc1cc(CO)cs1. The second kappa shape index (κ2) is 3.40. The van der Waals surface area contributed by atoms with E-state index in [0.717, 1.165) is 10.4 Å². The van der Waals surface area contributed by atoms with E-state index in [0.29, 0.717) is 6.42 Å². The highest BCUT2D eigenvalue weighted by molar-refractivity contribution is 7.10. The lowest BCUT2D eigenvalue weighted by Gasteiger charge is -1.83. The van der Waals surface area contributed by atoms with Gasteiger partial charge >= 0.3 is 0 Å². The molecule has 0 radical (unpaired) electrons. The Morgan fingerprint density at radius 1 is 1.70 bits per heavy atom. The molecule has 1 rings (SSSR count). The van der Waals surface area contributed by atoms with Gasteiger partial charge in [-0.05, 0) is 17.0 Å². The summed E-state index contributed by atoms with van der Waals surface area (Å²) in [7, 11) is 0. The third-order valence-electron chi connectivity index (χ3n) is 1.17. The van der Waals surface area contributed by atoms with Gasteiger partial charge in [0, 0.05) is 11.3 Å². The van der Waals surface area contributed by atoms with Gasteiger partial charge in [0.05, 0.1) is 6.61 Å². The van der Waals surface area contributed by atoms with E-state index in [4.69, 9.17) is 11.5 Å². The number of terminal acetylenes is 1. The van der Waals surface area contributed by atoms with Crippen LogP contribution in [-0.4, -0.2) is 5.11 Å². The van der Waals surface area contributed by atoms with Crippen LogP contribution in [0.2, 0.25) is 0 Å². The van der Waals surface area contributed by atoms with Crippen molar-refractivity contribution in [3.8, 4) is 12.3 Å². The van der Waals surface area contributed by atoms with Crippen LogP contribution in [0.5, 0.6) is 0 Å². The van der Waals surface area contributed by atoms with Crippen LogP contribution in [0.25, 0.3) is 0 Å². The summed E-state index contributed by atoms with van der Waals surface area (Å²) in [6.07, 6.45) is 5.78. The van der Waals surface area contributed by atoms with Gasteiger partial charge in [0.15, 0.2) is 0 Å². The van der Waals surface area contributed by atoms with Crippen LogP contribution in [-0.2, 0) is 13.0 Å². The number of hydrogen-bond acceptors (Lipinski definition) is 2. The Labute approximate surface area is 64.3 Å². The molecule has 0 atom stereocenters. The monoisotopic (exact) mass is 152 g/mol. The Kier molecular flexibility index (Phi) is 2.49. The first kappa shape index (κ1) is 7.33. The largest absolute Gasteiger partial charge is 0.392 e. The molecule has 0 aromatic carbocycles. The lowest BCUT2D eigenvalue weighted by molar-refractivity contribution is 0.282. The van der Waals surface area contributed by atoms with E-state index in [1.54, 1.807) is 11.3 Å². The summed E-state index contributed by atoms with van der Waals surface area (Å²) < 4.78 is 0. The van der Waals surface area contributed by atoms with E-state index in [1.165, 1.54) is 0 Å². The van der Waals surface area contributed by atoms with Crippen molar-refractivity contribution in [1.29, 1.82) is 0 Å². The molecule has 1 aromatic heterocycles. The Morgan fingerprint density at radius 3 is 3.00 bits per heavy atom. The van der Waals surface area contributed by atoms with Gasteiger partial charge in [0.1, 0.15) is 0 Å². The van der Waals surface area contributed by atoms with Crippen molar-refractivity contribution < 1.29 is 5.11 Å². The smallest absolute Gasteiger partial charge is 0.0690 e. The van der Waals surface area contributed by atoms with Crippen LogP contribution in [0.15, 0.2) is 11.4 Å². The highest BCUT2D eigenvalue weighted by atomic mass is 32.1. The van der Waals surface area contributed by atoms with Crippen LogP contribution in [0.3, 0.4) is 0 Å². The minimum absolute atomic E-state index is 0.112. The standard InChI is InChI=1S/C8H8OS/c1-2-3-8-4-7(5-9)6-10-8/h1,4,6,9H,3,5H2. The molecule has 0 aliphatic heterocycles. The average Bonchev–Trinajstić information content (AvgIpc) is 2.37. The third-order valence-corrected chi connectivity index (χ3v) is 2.15. The van der Waals surface area contributed by atoms with Crippen molar-refractivity contribution in [1.82, 2.24) is 0 Å². The predicted octanol–water partition coefficient (Wildman–Crippen LogP) is 1.42. The summed E-state index contributed by atoms with van der Waals surface area (Å²) in [5.74, 6) is 2.55. The molecule has 0 fully saturated rings. The fourth-order valence-corrected chi connectivity index (χ4v) is 1.53. The normalized spacial score (nSPS) is 9.20. The van der Waals surface area contributed by atoms with E-state index >= 15 is 0 Å². The van der Waals surface area contributed by atoms with Crippen molar-refractivity contribution >= 4 is 11.3 Å². The van der Waals surface area contributed by atoms with Gasteiger partial charge in [-0.1, -0.05) is 0 Å². The Balaban J connectivity index is 2.70. The predicted molar refractivity (Wildman–Crippen MR) is 42.8 cm³/mol. The third kappa shape index (κ3) is 1.60. The molecular weight excluding hydrogens is 144 g/mol. The average molecular weight is 152 g/mol.